The van der Waals surface area contributed by atoms with Crippen molar-refractivity contribution in [3.05, 3.63) is 60.2 Å². The fourth-order valence-electron chi connectivity index (χ4n) is 3.73. The molecule has 228 valence electrons. The van der Waals surface area contributed by atoms with E-state index in [0.717, 1.165) is 9.87 Å². The number of rotatable bonds is 15. The number of nitrogens with one attached hydrogen (secondary N) is 2. The van der Waals surface area contributed by atoms with Gasteiger partial charge in [0.15, 0.2) is 0 Å². The molecule has 2 amide bonds. The topological polar surface area (TPSA) is 134 Å². The number of alkyl halides is 3. The molecule has 0 spiro atoms. The molecule has 0 aliphatic carbocycles. The SMILES string of the molecule is CC[C@@H](C)CN(C[C@@H](O)[C@H](Cc1ccccc1)NC(=O)OCCNC(=O)C(F)(F)F)S(=O)(=O)c1ccc(OC)cc1. The molecule has 0 radical (unpaired) electrons. The van der Waals surface area contributed by atoms with E-state index in [9.17, 15) is 36.3 Å². The van der Waals surface area contributed by atoms with Crippen LogP contribution in [0, 0.1) is 5.92 Å². The highest BCUT2D eigenvalue weighted by Gasteiger charge is 2.38. The van der Waals surface area contributed by atoms with E-state index in [2.05, 4.69) is 5.32 Å². The lowest BCUT2D eigenvalue weighted by Gasteiger charge is -2.31. The van der Waals surface area contributed by atoms with Crippen LogP contribution < -0.4 is 15.4 Å². The Morgan fingerprint density at radius 3 is 2.24 bits per heavy atom. The third kappa shape index (κ3) is 10.9. The van der Waals surface area contributed by atoms with Gasteiger partial charge in [0.25, 0.3) is 0 Å². The predicted molar refractivity (Wildman–Crippen MR) is 145 cm³/mol. The number of sulfonamides is 1. The van der Waals surface area contributed by atoms with E-state index in [1.165, 1.54) is 31.4 Å². The first-order chi connectivity index (χ1) is 19.3. The Morgan fingerprint density at radius 2 is 1.68 bits per heavy atom. The number of aliphatic hydroxyl groups excluding tert-OH is 1. The van der Waals surface area contributed by atoms with Crippen LogP contribution in [-0.4, -0.2) is 81.5 Å². The molecule has 0 fully saturated rings. The summed E-state index contributed by atoms with van der Waals surface area (Å²) in [7, 11) is -2.60. The largest absolute Gasteiger partial charge is 0.497 e. The number of benzene rings is 2. The number of nitrogens with zero attached hydrogens (tertiary/aromatic N) is 1. The maximum Gasteiger partial charge on any atom is 0.471 e. The van der Waals surface area contributed by atoms with E-state index in [1.807, 2.05) is 13.8 Å². The van der Waals surface area contributed by atoms with E-state index >= 15 is 0 Å². The predicted octanol–water partition coefficient (Wildman–Crippen LogP) is 3.11. The van der Waals surface area contributed by atoms with Crippen molar-refractivity contribution in [3.63, 3.8) is 0 Å². The van der Waals surface area contributed by atoms with Crippen molar-refractivity contribution in [2.24, 2.45) is 5.92 Å². The van der Waals surface area contributed by atoms with Crippen LogP contribution in [0.3, 0.4) is 0 Å². The normalized spacial score (nSPS) is 14.1. The van der Waals surface area contributed by atoms with Crippen LogP contribution in [0.4, 0.5) is 18.0 Å². The molecule has 0 aliphatic rings. The number of hydrogen-bond donors (Lipinski definition) is 3. The molecule has 0 saturated heterocycles. The van der Waals surface area contributed by atoms with Gasteiger partial charge in [-0.25, -0.2) is 13.2 Å². The average Bonchev–Trinajstić information content (AvgIpc) is 2.94. The van der Waals surface area contributed by atoms with Crippen molar-refractivity contribution >= 4 is 22.0 Å². The molecule has 0 bridgehead atoms. The molecule has 2 aromatic rings. The smallest absolute Gasteiger partial charge is 0.471 e. The van der Waals surface area contributed by atoms with Crippen molar-refractivity contribution in [2.45, 2.75) is 49.9 Å². The lowest BCUT2D eigenvalue weighted by molar-refractivity contribution is -0.173. The minimum absolute atomic E-state index is 0.00156. The van der Waals surface area contributed by atoms with Crippen LogP contribution in [0.15, 0.2) is 59.5 Å². The second kappa shape index (κ2) is 15.6. The Labute approximate surface area is 237 Å². The molecule has 2 rings (SSSR count). The second-order valence-corrected chi connectivity index (χ2v) is 11.3. The maximum atomic E-state index is 13.6. The number of alkyl carbamates (subject to hydrolysis) is 1. The number of carbonyl (C=O) groups is 2. The summed E-state index contributed by atoms with van der Waals surface area (Å²) in [6.07, 6.45) is -6.75. The number of halogens is 3. The summed E-state index contributed by atoms with van der Waals surface area (Å²) in [4.78, 5) is 23.4. The van der Waals surface area contributed by atoms with Crippen LogP contribution >= 0.6 is 0 Å². The molecular weight excluding hydrogens is 567 g/mol. The molecule has 3 atom stereocenters. The molecular formula is C27H36F3N3O7S. The first-order valence-electron chi connectivity index (χ1n) is 12.9. The molecule has 41 heavy (non-hydrogen) atoms. The Balaban J connectivity index is 2.20. The van der Waals surface area contributed by atoms with Gasteiger partial charge in [-0.1, -0.05) is 50.6 Å². The number of ether oxygens (including phenoxy) is 2. The third-order valence-corrected chi connectivity index (χ3v) is 8.09. The summed E-state index contributed by atoms with van der Waals surface area (Å²) in [5.74, 6) is -1.74. The van der Waals surface area contributed by atoms with E-state index in [0.29, 0.717) is 12.2 Å². The van der Waals surface area contributed by atoms with Gasteiger partial charge >= 0.3 is 18.2 Å². The Bertz CT molecular complexity index is 1210. The van der Waals surface area contributed by atoms with Crippen molar-refractivity contribution < 1.29 is 45.8 Å². The summed E-state index contributed by atoms with van der Waals surface area (Å²) in [6, 6.07) is 13.6. The van der Waals surface area contributed by atoms with E-state index in [4.69, 9.17) is 9.47 Å². The lowest BCUT2D eigenvalue weighted by atomic mass is 10.0. The van der Waals surface area contributed by atoms with Gasteiger partial charge < -0.3 is 25.2 Å². The van der Waals surface area contributed by atoms with Gasteiger partial charge in [0.2, 0.25) is 10.0 Å². The van der Waals surface area contributed by atoms with Gasteiger partial charge in [-0.2, -0.15) is 17.5 Å². The van der Waals surface area contributed by atoms with Crippen molar-refractivity contribution in [2.75, 3.05) is 33.4 Å². The maximum absolute atomic E-state index is 13.6. The standard InChI is InChI=1S/C27H36F3N3O7S/c1-4-19(2)17-33(41(37,38)22-12-10-21(39-3)11-13-22)18-24(34)23(16-20-8-6-5-7-9-20)32-26(36)40-15-14-31-25(35)27(28,29)30/h5-13,19,23-24,34H,4,14-18H2,1-3H3,(H,31,35)(H,32,36)/t19-,23+,24-/m1/s1. The lowest BCUT2D eigenvalue weighted by Crippen LogP contribution is -2.51. The van der Waals surface area contributed by atoms with E-state index < -0.39 is 53.5 Å². The van der Waals surface area contributed by atoms with Crippen LogP contribution in [-0.2, 0) is 26.0 Å². The minimum atomic E-state index is -5.07. The Kier molecular flexibility index (Phi) is 12.9. The summed E-state index contributed by atoms with van der Waals surface area (Å²) in [6.45, 7) is 2.37. The summed E-state index contributed by atoms with van der Waals surface area (Å²) < 4.78 is 75.3. The van der Waals surface area contributed by atoms with Gasteiger partial charge in [-0.15, -0.1) is 0 Å². The van der Waals surface area contributed by atoms with Gasteiger partial charge in [-0.3, -0.25) is 4.79 Å². The molecule has 3 N–H and O–H groups in total. The fraction of sp³-hybridized carbons (Fsp3) is 0.481. The number of hydrogen-bond acceptors (Lipinski definition) is 7. The molecule has 0 heterocycles. The molecule has 10 nitrogen and oxygen atoms in total. The Morgan fingerprint density at radius 1 is 1.05 bits per heavy atom. The summed E-state index contributed by atoms with van der Waals surface area (Å²) in [5.41, 5.74) is 0.723. The number of methoxy groups -OCH3 is 1. The van der Waals surface area contributed by atoms with Gasteiger partial charge in [0.1, 0.15) is 12.4 Å². The minimum Gasteiger partial charge on any atom is -0.497 e. The quantitative estimate of drug-likeness (QED) is 0.267. The molecule has 0 unspecified atom stereocenters. The highest BCUT2D eigenvalue weighted by molar-refractivity contribution is 7.89. The molecule has 0 aliphatic heterocycles. The Hall–Kier alpha value is -3.36. The zero-order chi connectivity index (χ0) is 30.6. The molecule has 2 aromatic carbocycles. The number of carbonyl (C=O) groups excluding carboxylic acids is 2. The van der Waals surface area contributed by atoms with Gasteiger partial charge in [0.05, 0.1) is 30.7 Å². The van der Waals surface area contributed by atoms with E-state index in [-0.39, 0.29) is 30.3 Å². The van der Waals surface area contributed by atoms with E-state index in [1.54, 1.807) is 35.6 Å². The van der Waals surface area contributed by atoms with Crippen LogP contribution in [0.1, 0.15) is 25.8 Å². The van der Waals surface area contributed by atoms with Crippen molar-refractivity contribution in [1.29, 1.82) is 0 Å². The second-order valence-electron chi connectivity index (χ2n) is 9.41. The van der Waals surface area contributed by atoms with Crippen LogP contribution in [0.25, 0.3) is 0 Å². The zero-order valence-electron chi connectivity index (χ0n) is 23.1. The van der Waals surface area contributed by atoms with Crippen LogP contribution in [0.5, 0.6) is 5.75 Å². The summed E-state index contributed by atoms with van der Waals surface area (Å²) in [5, 5.41) is 15.3. The zero-order valence-corrected chi connectivity index (χ0v) is 23.9. The highest BCUT2D eigenvalue weighted by Crippen LogP contribution is 2.22. The van der Waals surface area contributed by atoms with Gasteiger partial charge in [0, 0.05) is 13.1 Å². The molecule has 14 heteroatoms. The van der Waals surface area contributed by atoms with Crippen LogP contribution in [0.2, 0.25) is 0 Å². The fourth-order valence-corrected chi connectivity index (χ4v) is 5.31. The number of amides is 2. The van der Waals surface area contributed by atoms with Gasteiger partial charge in [-0.05, 0) is 42.2 Å². The number of aliphatic hydroxyl groups is 1. The third-order valence-electron chi connectivity index (χ3n) is 6.24. The first-order valence-corrected chi connectivity index (χ1v) is 14.4. The molecule has 0 aromatic heterocycles. The molecule has 0 saturated carbocycles. The first kappa shape index (κ1) is 33.8. The summed E-state index contributed by atoms with van der Waals surface area (Å²) >= 11 is 0. The van der Waals surface area contributed by atoms with Crippen molar-refractivity contribution in [3.8, 4) is 5.75 Å². The monoisotopic (exact) mass is 603 g/mol. The highest BCUT2D eigenvalue weighted by atomic mass is 32.2. The average molecular weight is 604 g/mol. The van der Waals surface area contributed by atoms with Crippen molar-refractivity contribution in [1.82, 2.24) is 14.9 Å².